The molecular weight excluding hydrogens is 1010 g/mol. The van der Waals surface area contributed by atoms with E-state index in [1.165, 1.54) is 89.3 Å². The Balaban J connectivity index is 1.31. The van der Waals surface area contributed by atoms with Gasteiger partial charge in [0.05, 0.1) is 26.4 Å². The number of hydrogen-bond donors (Lipinski definition) is 0. The van der Waals surface area contributed by atoms with Gasteiger partial charge in [-0.1, -0.05) is 129 Å². The van der Waals surface area contributed by atoms with Gasteiger partial charge in [0.2, 0.25) is 12.7 Å². The second-order valence-corrected chi connectivity index (χ2v) is 25.8. The summed E-state index contributed by atoms with van der Waals surface area (Å²) in [6.45, 7) is 39.9. The van der Waals surface area contributed by atoms with Gasteiger partial charge in [0.1, 0.15) is 72.2 Å². The van der Waals surface area contributed by atoms with Crippen LogP contribution in [0.3, 0.4) is 0 Å². The Morgan fingerprint density at radius 1 is 0.378 bits per heavy atom. The van der Waals surface area contributed by atoms with Crippen molar-refractivity contribution in [3.63, 3.8) is 0 Å². The molecule has 0 unspecified atom stereocenters. The van der Waals surface area contributed by atoms with E-state index in [0.717, 1.165) is 70.9 Å². The molecule has 0 radical (unpaired) electrons. The lowest BCUT2D eigenvalue weighted by atomic mass is 9.81. The summed E-state index contributed by atoms with van der Waals surface area (Å²) in [4.78, 5) is 0. The van der Waals surface area contributed by atoms with Gasteiger partial charge in [-0.05, 0) is 191 Å². The standard InChI is InChI=1S/C74H94N4O4/c1-17-25-79-69-57-33-55(45-75-21-23-77(47-75)67-51(7)29-49(5)30-52(67)8)34-58(69)38-62-42-66(74(14,15)16)44-64(72(62)82-28-20-4)40-60-36-56(46-76-22-24-78(48-76)68-53(9)31-50(6)32-54(68)10)35-59(70(60)80-26-18-2)39-63-43-65(73(11,12)13)41-61(37-57)71(63)81-27-19-3/h21-24,29-36,41-44,47-48H,17-20,25-28,37-40,45-46H2,1-16H3/q+2. The zero-order valence-corrected chi connectivity index (χ0v) is 52.7. The second kappa shape index (κ2) is 25.2. The molecule has 8 aromatic rings. The summed E-state index contributed by atoms with van der Waals surface area (Å²) in [5, 5.41) is 0. The molecule has 0 saturated carbocycles. The largest absolute Gasteiger partial charge is 0.493 e. The van der Waals surface area contributed by atoms with Crippen LogP contribution in [0.15, 0.2) is 110 Å². The zero-order chi connectivity index (χ0) is 58.6. The highest BCUT2D eigenvalue weighted by molar-refractivity contribution is 5.60. The minimum Gasteiger partial charge on any atom is -0.493 e. The Labute approximate surface area is 492 Å². The molecule has 0 N–H and O–H groups in total. The van der Waals surface area contributed by atoms with Crippen LogP contribution in [-0.2, 0) is 49.6 Å². The van der Waals surface area contributed by atoms with Gasteiger partial charge in [0.15, 0.2) is 0 Å². The lowest BCUT2D eigenvalue weighted by Gasteiger charge is -2.27. The number of fused-ring (bicyclic) bond motifs is 8. The van der Waals surface area contributed by atoms with Crippen LogP contribution in [0.1, 0.15) is 195 Å². The fraction of sp³-hybridized carbons (Fsp3) is 0.432. The quantitative estimate of drug-likeness (QED) is 0.0804. The van der Waals surface area contributed by atoms with Gasteiger partial charge >= 0.3 is 0 Å². The molecule has 0 saturated heterocycles. The van der Waals surface area contributed by atoms with Gasteiger partial charge < -0.3 is 18.9 Å². The van der Waals surface area contributed by atoms with Crippen molar-refractivity contribution in [1.82, 2.24) is 9.13 Å². The van der Waals surface area contributed by atoms with Gasteiger partial charge in [0, 0.05) is 25.7 Å². The zero-order valence-electron chi connectivity index (χ0n) is 52.7. The number of benzene rings is 6. The first-order valence-corrected chi connectivity index (χ1v) is 30.6. The van der Waals surface area contributed by atoms with E-state index in [4.69, 9.17) is 18.9 Å². The molecule has 1 aliphatic carbocycles. The van der Waals surface area contributed by atoms with E-state index in [1.54, 1.807) is 0 Å². The average Bonchev–Trinajstić information content (AvgIpc) is 4.19. The third-order valence-electron chi connectivity index (χ3n) is 16.0. The number of imidazole rings is 2. The van der Waals surface area contributed by atoms with Crippen molar-refractivity contribution in [2.75, 3.05) is 26.4 Å². The van der Waals surface area contributed by atoms with Crippen LogP contribution in [0.25, 0.3) is 11.4 Å². The van der Waals surface area contributed by atoms with Gasteiger partial charge in [-0.25, -0.2) is 18.3 Å². The van der Waals surface area contributed by atoms with E-state index in [0.29, 0.717) is 65.2 Å². The molecule has 82 heavy (non-hydrogen) atoms. The minimum atomic E-state index is -0.144. The SMILES string of the molecule is CCCOc1c2cc(C[n+]3ccn(-c4c(C)cc(C)cc4C)c3)cc1Cc1cc(C(C)(C)C)cc(c1OCCC)Cc1cc(C[n+]3ccn(-c4c(C)cc(C)cc4C)c3)cc(c1OCCC)Cc1cc(C(C)(C)C)cc(c1OCCC)C2. The summed E-state index contributed by atoms with van der Waals surface area (Å²) < 4.78 is 37.7. The summed E-state index contributed by atoms with van der Waals surface area (Å²) in [5.41, 5.74) is 24.2. The number of hydrogen-bond acceptors (Lipinski definition) is 4. The molecule has 1 aliphatic rings. The van der Waals surface area contributed by atoms with Crippen LogP contribution in [0.4, 0.5) is 0 Å². The molecule has 8 heteroatoms. The van der Waals surface area contributed by atoms with Gasteiger partial charge in [-0.3, -0.25) is 0 Å². The number of aryl methyl sites for hydroxylation is 6. The molecule has 432 valence electrons. The lowest BCUT2D eigenvalue weighted by molar-refractivity contribution is -0.687. The maximum absolute atomic E-state index is 7.13. The molecule has 0 atom stereocenters. The molecule has 2 heterocycles. The van der Waals surface area contributed by atoms with Crippen LogP contribution >= 0.6 is 0 Å². The topological polar surface area (TPSA) is 54.5 Å². The Hall–Kier alpha value is -7.06. The Bertz CT molecular complexity index is 3200. The second-order valence-electron chi connectivity index (χ2n) is 25.8. The van der Waals surface area contributed by atoms with E-state index < -0.39 is 0 Å². The molecule has 0 spiro atoms. The summed E-state index contributed by atoms with van der Waals surface area (Å²) in [7, 11) is 0. The van der Waals surface area contributed by atoms with Crippen molar-refractivity contribution in [1.29, 1.82) is 0 Å². The van der Waals surface area contributed by atoms with Crippen LogP contribution in [0.5, 0.6) is 23.0 Å². The number of ether oxygens (including phenoxy) is 4. The molecule has 0 fully saturated rings. The molecule has 0 amide bonds. The lowest BCUT2D eigenvalue weighted by Crippen LogP contribution is -2.31. The molecule has 2 aromatic heterocycles. The summed E-state index contributed by atoms with van der Waals surface area (Å²) in [6, 6.07) is 28.5. The Kier molecular flexibility index (Phi) is 18.3. The van der Waals surface area contributed by atoms with E-state index in [2.05, 4.69) is 239 Å². The first-order chi connectivity index (χ1) is 39.1. The highest BCUT2D eigenvalue weighted by Gasteiger charge is 2.29. The van der Waals surface area contributed by atoms with E-state index in [-0.39, 0.29) is 10.8 Å². The summed E-state index contributed by atoms with van der Waals surface area (Å²) in [5.74, 6) is 3.85. The fourth-order valence-electron chi connectivity index (χ4n) is 12.5. The third-order valence-corrected chi connectivity index (χ3v) is 16.0. The van der Waals surface area contributed by atoms with Gasteiger partial charge in [-0.2, -0.15) is 0 Å². The van der Waals surface area contributed by atoms with Crippen molar-refractivity contribution in [2.24, 2.45) is 0 Å². The van der Waals surface area contributed by atoms with E-state index >= 15 is 0 Å². The first kappa shape index (κ1) is 59.6. The molecule has 8 nitrogen and oxygen atoms in total. The minimum absolute atomic E-state index is 0.144. The van der Waals surface area contributed by atoms with Crippen molar-refractivity contribution >= 4 is 0 Å². The summed E-state index contributed by atoms with van der Waals surface area (Å²) >= 11 is 0. The van der Waals surface area contributed by atoms with Crippen LogP contribution in [-0.4, -0.2) is 35.6 Å². The maximum atomic E-state index is 7.13. The van der Waals surface area contributed by atoms with Crippen LogP contribution < -0.4 is 28.1 Å². The predicted octanol–water partition coefficient (Wildman–Crippen LogP) is 16.2. The maximum Gasteiger partial charge on any atom is 0.249 e. The molecule has 8 bridgehead atoms. The number of aromatic nitrogens is 4. The van der Waals surface area contributed by atoms with E-state index in [1.807, 2.05) is 0 Å². The summed E-state index contributed by atoms with van der Waals surface area (Å²) in [6.07, 6.45) is 19.4. The monoisotopic (exact) mass is 1100 g/mol. The highest BCUT2D eigenvalue weighted by Crippen LogP contribution is 2.43. The normalized spacial score (nSPS) is 12.7. The molecule has 9 rings (SSSR count). The molecular formula is C74H94N4O4+2. The smallest absolute Gasteiger partial charge is 0.249 e. The first-order valence-electron chi connectivity index (χ1n) is 30.6. The third kappa shape index (κ3) is 13.5. The van der Waals surface area contributed by atoms with Crippen molar-refractivity contribution < 1.29 is 28.1 Å². The van der Waals surface area contributed by atoms with Gasteiger partial charge in [0.25, 0.3) is 0 Å². The Morgan fingerprint density at radius 2 is 0.634 bits per heavy atom. The number of nitrogens with zero attached hydrogens (tertiary/aromatic N) is 4. The predicted molar refractivity (Wildman–Crippen MR) is 336 cm³/mol. The van der Waals surface area contributed by atoms with Gasteiger partial charge in [-0.15, -0.1) is 0 Å². The number of rotatable bonds is 18. The van der Waals surface area contributed by atoms with E-state index in [9.17, 15) is 0 Å². The van der Waals surface area contributed by atoms with Crippen LogP contribution in [0, 0.1) is 41.5 Å². The van der Waals surface area contributed by atoms with Crippen LogP contribution in [0.2, 0.25) is 0 Å². The average molecular weight is 1100 g/mol. The molecule has 0 aliphatic heterocycles. The Morgan fingerprint density at radius 3 is 0.878 bits per heavy atom. The fourth-order valence-corrected chi connectivity index (χ4v) is 12.5. The van der Waals surface area contributed by atoms with Crippen molar-refractivity contribution in [3.05, 3.63) is 210 Å². The molecule has 6 aromatic carbocycles. The highest BCUT2D eigenvalue weighted by atomic mass is 16.5. The van der Waals surface area contributed by atoms with Crippen molar-refractivity contribution in [2.45, 2.75) is 186 Å². The van der Waals surface area contributed by atoms with Crippen molar-refractivity contribution in [3.8, 4) is 34.4 Å².